The van der Waals surface area contributed by atoms with Crippen molar-refractivity contribution in [2.24, 2.45) is 11.5 Å². The molecule has 2 aliphatic heterocycles. The molecular formula is C28H33N4O6+. The minimum atomic E-state index is -1.58. The van der Waals surface area contributed by atoms with Gasteiger partial charge in [0.05, 0.1) is 19.8 Å². The van der Waals surface area contributed by atoms with E-state index in [1.54, 1.807) is 48.4 Å². The van der Waals surface area contributed by atoms with Gasteiger partial charge in [-0.3, -0.25) is 9.59 Å². The molecule has 1 unspecified atom stereocenters. The van der Waals surface area contributed by atoms with Crippen molar-refractivity contribution in [1.82, 2.24) is 4.48 Å². The van der Waals surface area contributed by atoms with Crippen molar-refractivity contribution in [3.8, 4) is 12.3 Å². The van der Waals surface area contributed by atoms with Crippen molar-refractivity contribution in [3.05, 3.63) is 59.2 Å². The number of aryl methyl sites for hydroxylation is 1. The van der Waals surface area contributed by atoms with Crippen LogP contribution in [-0.4, -0.2) is 70.6 Å². The molecule has 4 rings (SSSR count). The molecule has 2 aromatic carbocycles. The van der Waals surface area contributed by atoms with E-state index in [4.69, 9.17) is 32.1 Å². The number of likely N-dealkylation sites (tertiary alicyclic amines) is 1. The predicted molar refractivity (Wildman–Crippen MR) is 142 cm³/mol. The van der Waals surface area contributed by atoms with Gasteiger partial charge in [0, 0.05) is 49.0 Å². The lowest BCUT2D eigenvalue weighted by molar-refractivity contribution is -0.127. The van der Waals surface area contributed by atoms with E-state index < -0.39 is 28.1 Å². The lowest BCUT2D eigenvalue weighted by atomic mass is 9.81. The van der Waals surface area contributed by atoms with E-state index in [2.05, 4.69) is 5.92 Å². The van der Waals surface area contributed by atoms with E-state index in [9.17, 15) is 14.4 Å². The Bertz CT molecular complexity index is 1270. The molecule has 0 spiro atoms. The molecule has 38 heavy (non-hydrogen) atoms. The first-order valence-electron chi connectivity index (χ1n) is 12.4. The number of benzene rings is 2. The molecule has 2 heterocycles. The molecule has 10 heteroatoms. The molecule has 200 valence electrons. The summed E-state index contributed by atoms with van der Waals surface area (Å²) in [6.45, 7) is 3.36. The summed E-state index contributed by atoms with van der Waals surface area (Å²) < 4.78 is 15.9. The fourth-order valence-electron chi connectivity index (χ4n) is 5.77. The van der Waals surface area contributed by atoms with Gasteiger partial charge >= 0.3 is 6.03 Å². The zero-order valence-electron chi connectivity index (χ0n) is 21.6. The summed E-state index contributed by atoms with van der Waals surface area (Å²) in [5.74, 6) is 1.69. The number of carbonyl (C=O) groups is 3. The molecule has 4 amide bonds. The van der Waals surface area contributed by atoms with Gasteiger partial charge in [0.2, 0.25) is 5.54 Å². The van der Waals surface area contributed by atoms with E-state index in [1.807, 2.05) is 13.0 Å². The molecule has 0 radical (unpaired) electrons. The van der Waals surface area contributed by atoms with Gasteiger partial charge in [-0.15, -0.1) is 6.42 Å². The molecule has 0 aliphatic carbocycles. The summed E-state index contributed by atoms with van der Waals surface area (Å²) in [6.07, 6.45) is 5.13. The molecule has 0 bridgehead atoms. The highest BCUT2D eigenvalue weighted by Gasteiger charge is 2.69. The number of anilines is 1. The summed E-state index contributed by atoms with van der Waals surface area (Å²) in [6, 6.07) is 11.4. The summed E-state index contributed by atoms with van der Waals surface area (Å²) in [5.41, 5.74) is 13.7. The molecule has 2 aliphatic rings. The smallest absolute Gasteiger partial charge is 0.382 e. The number of methoxy groups -OCH3 is 1. The molecule has 10 nitrogen and oxygen atoms in total. The van der Waals surface area contributed by atoms with Crippen molar-refractivity contribution >= 4 is 29.2 Å². The Labute approximate surface area is 222 Å². The molecule has 0 saturated carbocycles. The molecule has 3 atom stereocenters. The van der Waals surface area contributed by atoms with Crippen LogP contribution in [0.2, 0.25) is 0 Å². The summed E-state index contributed by atoms with van der Waals surface area (Å²) in [4.78, 5) is 41.2. The molecule has 4 N–H and O–H groups in total. The van der Waals surface area contributed by atoms with Gasteiger partial charge in [-0.1, -0.05) is 5.92 Å². The number of nitrogens with two attached hydrogens (primary N) is 2. The van der Waals surface area contributed by atoms with Crippen molar-refractivity contribution in [3.63, 3.8) is 0 Å². The SMILES string of the molecule is C#Cc1ccc([N+]2(C(N)=O)C[C@H](OCCOC)C[C@]2(C(N)=O)c2ccc(N3CCOCC3=O)cc2C)cc1. The third kappa shape index (κ3) is 4.44. The van der Waals surface area contributed by atoms with Crippen LogP contribution in [-0.2, 0) is 29.3 Å². The van der Waals surface area contributed by atoms with Gasteiger partial charge < -0.3 is 30.6 Å². The third-order valence-electron chi connectivity index (χ3n) is 7.50. The Morgan fingerprint density at radius 2 is 1.95 bits per heavy atom. The third-order valence-corrected chi connectivity index (χ3v) is 7.50. The van der Waals surface area contributed by atoms with Crippen molar-refractivity contribution < 1.29 is 28.6 Å². The average Bonchev–Trinajstić information content (AvgIpc) is 3.26. The normalized spacial score (nSPS) is 25.2. The first-order chi connectivity index (χ1) is 18.2. The summed E-state index contributed by atoms with van der Waals surface area (Å²) in [7, 11) is 1.56. The Morgan fingerprint density at radius 3 is 2.53 bits per heavy atom. The Kier molecular flexibility index (Phi) is 7.85. The number of ether oxygens (including phenoxy) is 3. The lowest BCUT2D eigenvalue weighted by Crippen LogP contribution is -2.70. The Hall–Kier alpha value is -3.75. The van der Waals surface area contributed by atoms with Gasteiger partial charge in [0.15, 0.2) is 0 Å². The highest BCUT2D eigenvalue weighted by atomic mass is 16.5. The maximum absolute atomic E-state index is 13.6. The number of amides is 4. The van der Waals surface area contributed by atoms with Crippen molar-refractivity contribution in [1.29, 1.82) is 0 Å². The highest BCUT2D eigenvalue weighted by molar-refractivity contribution is 6.00. The molecular weight excluding hydrogens is 488 g/mol. The van der Waals surface area contributed by atoms with Gasteiger partial charge in [0.1, 0.15) is 24.9 Å². The summed E-state index contributed by atoms with van der Waals surface area (Å²) >= 11 is 0. The fraction of sp³-hybridized carbons (Fsp3) is 0.393. The van der Waals surface area contributed by atoms with E-state index in [-0.39, 0.29) is 32.1 Å². The number of hydrogen-bond donors (Lipinski definition) is 2. The van der Waals surface area contributed by atoms with Crippen LogP contribution in [0.1, 0.15) is 23.1 Å². The second-order valence-corrected chi connectivity index (χ2v) is 9.53. The Balaban J connectivity index is 1.91. The second kappa shape index (κ2) is 10.9. The maximum atomic E-state index is 13.6. The first kappa shape index (κ1) is 27.3. The zero-order chi connectivity index (χ0) is 27.5. The number of urea groups is 1. The second-order valence-electron chi connectivity index (χ2n) is 9.53. The number of morpholine rings is 1. The Morgan fingerprint density at radius 1 is 1.21 bits per heavy atom. The predicted octanol–water partition coefficient (Wildman–Crippen LogP) is 1.54. The number of carbonyl (C=O) groups excluding carboxylic acids is 3. The van der Waals surface area contributed by atoms with Crippen LogP contribution in [0.15, 0.2) is 42.5 Å². The van der Waals surface area contributed by atoms with Crippen LogP contribution < -0.4 is 20.9 Å². The molecule has 2 aromatic rings. The molecule has 0 aromatic heterocycles. The van der Waals surface area contributed by atoms with Gasteiger partial charge in [0.25, 0.3) is 11.8 Å². The first-order valence-corrected chi connectivity index (χ1v) is 12.4. The zero-order valence-corrected chi connectivity index (χ0v) is 21.6. The monoisotopic (exact) mass is 521 g/mol. The van der Waals surface area contributed by atoms with E-state index in [0.717, 1.165) is 0 Å². The van der Waals surface area contributed by atoms with E-state index in [0.29, 0.717) is 47.8 Å². The average molecular weight is 522 g/mol. The van der Waals surface area contributed by atoms with Gasteiger partial charge in [-0.25, -0.2) is 4.79 Å². The summed E-state index contributed by atoms with van der Waals surface area (Å²) in [5, 5.41) is 0. The van der Waals surface area contributed by atoms with E-state index in [1.165, 1.54) is 0 Å². The lowest BCUT2D eigenvalue weighted by Gasteiger charge is -2.43. The van der Waals surface area contributed by atoms with Gasteiger partial charge in [-0.2, -0.15) is 4.48 Å². The maximum Gasteiger partial charge on any atom is 0.420 e. The molecule has 2 saturated heterocycles. The quantitative estimate of drug-likeness (QED) is 0.308. The van der Waals surface area contributed by atoms with Crippen LogP contribution in [0.5, 0.6) is 0 Å². The molecule has 2 fully saturated rings. The van der Waals surface area contributed by atoms with Crippen LogP contribution in [0, 0.1) is 19.3 Å². The number of hydrogen-bond acceptors (Lipinski definition) is 6. The number of rotatable bonds is 8. The van der Waals surface area contributed by atoms with Crippen molar-refractivity contribution in [2.75, 3.05) is 51.5 Å². The largest absolute Gasteiger partial charge is 0.420 e. The topological polar surface area (TPSA) is 134 Å². The number of terminal acetylenes is 1. The number of primary amides is 2. The standard InChI is InChI=1S/C28H32N4O6/c1-4-20-5-8-22(9-6-20)32(27(30)35)17-23(38-14-13-36-3)16-28(32,26(29)34)24-10-7-21(15-19(24)2)31-11-12-37-18-25(31)33/h1,5-10,15,23H,11-14,16-18H2,2-3H3,(H3-,29,30,34,35)/p+1/t23-,28-,32?/m1/s1. The van der Waals surface area contributed by atoms with Crippen LogP contribution >= 0.6 is 0 Å². The van der Waals surface area contributed by atoms with Crippen LogP contribution in [0.4, 0.5) is 16.2 Å². The fourth-order valence-corrected chi connectivity index (χ4v) is 5.77. The minimum absolute atomic E-state index is 0.00183. The number of nitrogens with zero attached hydrogens (tertiary/aromatic N) is 2. The van der Waals surface area contributed by atoms with Gasteiger partial charge in [-0.05, 0) is 42.8 Å². The highest BCUT2D eigenvalue weighted by Crippen LogP contribution is 2.50. The van der Waals surface area contributed by atoms with E-state index >= 15 is 0 Å². The van der Waals surface area contributed by atoms with Crippen LogP contribution in [0.3, 0.4) is 0 Å². The minimum Gasteiger partial charge on any atom is -0.382 e. The number of quaternary nitrogens is 1. The van der Waals surface area contributed by atoms with Crippen LogP contribution in [0.25, 0.3) is 0 Å². The van der Waals surface area contributed by atoms with Crippen molar-refractivity contribution in [2.45, 2.75) is 25.0 Å².